The van der Waals surface area contributed by atoms with Gasteiger partial charge in [0.25, 0.3) is 11.6 Å². The maximum atomic E-state index is 13.4. The van der Waals surface area contributed by atoms with Gasteiger partial charge in [0, 0.05) is 18.5 Å². The highest BCUT2D eigenvalue weighted by molar-refractivity contribution is 7.22. The number of nitrogens with zero attached hydrogens (tertiary/aromatic N) is 4. The number of hydrogen-bond acceptors (Lipinski definition) is 7. The first-order valence-corrected chi connectivity index (χ1v) is 9.78. The third-order valence-corrected chi connectivity index (χ3v) is 5.50. The number of rotatable bonds is 6. The van der Waals surface area contributed by atoms with Gasteiger partial charge in [-0.2, -0.15) is 0 Å². The summed E-state index contributed by atoms with van der Waals surface area (Å²) in [5.74, 6) is 0.0821. The van der Waals surface area contributed by atoms with Crippen molar-refractivity contribution in [3.63, 3.8) is 0 Å². The monoisotopic (exact) mass is 420 g/mol. The zero-order chi connectivity index (χ0) is 21.1. The summed E-state index contributed by atoms with van der Waals surface area (Å²) in [5.41, 5.74) is 1.15. The molecule has 0 radical (unpaired) electrons. The Labute approximate surface area is 175 Å². The minimum Gasteiger partial charge on any atom is -0.494 e. The molecule has 2 aromatic heterocycles. The number of methoxy groups -OCH3 is 1. The van der Waals surface area contributed by atoms with Crippen LogP contribution in [-0.4, -0.2) is 27.9 Å². The third-order valence-electron chi connectivity index (χ3n) is 4.46. The number of fused-ring (bicyclic) bond motifs is 1. The topological polar surface area (TPSA) is 98.5 Å². The number of carbonyl (C=O) groups is 1. The van der Waals surface area contributed by atoms with Gasteiger partial charge >= 0.3 is 0 Å². The van der Waals surface area contributed by atoms with Crippen LogP contribution < -0.4 is 9.64 Å². The van der Waals surface area contributed by atoms with E-state index in [0.29, 0.717) is 16.4 Å². The molecule has 0 saturated carbocycles. The van der Waals surface area contributed by atoms with Gasteiger partial charge in [-0.3, -0.25) is 24.8 Å². The molecule has 4 aromatic rings. The van der Waals surface area contributed by atoms with E-state index in [1.165, 1.54) is 34.4 Å². The van der Waals surface area contributed by atoms with E-state index in [4.69, 9.17) is 4.74 Å². The number of para-hydroxylation sites is 2. The van der Waals surface area contributed by atoms with E-state index in [2.05, 4.69) is 9.97 Å². The van der Waals surface area contributed by atoms with Crippen molar-refractivity contribution in [1.29, 1.82) is 0 Å². The van der Waals surface area contributed by atoms with E-state index >= 15 is 0 Å². The molecule has 0 aliphatic rings. The molecule has 8 nitrogen and oxygen atoms in total. The summed E-state index contributed by atoms with van der Waals surface area (Å²) in [5, 5.41) is 11.9. The van der Waals surface area contributed by atoms with Crippen molar-refractivity contribution in [2.24, 2.45) is 0 Å². The molecule has 0 atom stereocenters. The molecule has 4 rings (SSSR count). The maximum absolute atomic E-state index is 13.4. The van der Waals surface area contributed by atoms with Crippen LogP contribution in [0.1, 0.15) is 15.9 Å². The van der Waals surface area contributed by atoms with Crippen LogP contribution in [0.3, 0.4) is 0 Å². The van der Waals surface area contributed by atoms with Crippen molar-refractivity contribution in [3.8, 4) is 5.75 Å². The lowest BCUT2D eigenvalue weighted by molar-refractivity contribution is -0.385. The van der Waals surface area contributed by atoms with Gasteiger partial charge in [0.1, 0.15) is 16.8 Å². The molecule has 1 amide bonds. The Balaban J connectivity index is 1.83. The molecule has 2 heterocycles. The average molecular weight is 420 g/mol. The summed E-state index contributed by atoms with van der Waals surface area (Å²) in [6.07, 6.45) is 3.29. The number of anilines is 1. The highest BCUT2D eigenvalue weighted by atomic mass is 32.1. The largest absolute Gasteiger partial charge is 0.494 e. The van der Waals surface area contributed by atoms with Gasteiger partial charge in [-0.15, -0.1) is 0 Å². The quantitative estimate of drug-likeness (QED) is 0.337. The number of pyridine rings is 1. The van der Waals surface area contributed by atoms with Crippen LogP contribution in [0.5, 0.6) is 5.75 Å². The SMILES string of the molecule is COc1cccc2sc(N(Cc3cccnc3)C(=O)c3ccccc3[N+](=O)[O-])nc12. The van der Waals surface area contributed by atoms with Crippen molar-refractivity contribution in [3.05, 3.63) is 88.2 Å². The summed E-state index contributed by atoms with van der Waals surface area (Å²) in [4.78, 5) is 34.5. The standard InChI is InChI=1S/C21H16N4O4S/c1-29-17-9-4-10-18-19(17)23-21(30-18)24(13-14-6-5-11-22-12-14)20(26)15-7-2-3-8-16(15)25(27)28/h2-12H,13H2,1H3. The summed E-state index contributed by atoms with van der Waals surface area (Å²) in [7, 11) is 1.56. The lowest BCUT2D eigenvalue weighted by Gasteiger charge is -2.20. The van der Waals surface area contributed by atoms with Crippen molar-refractivity contribution in [1.82, 2.24) is 9.97 Å². The second-order valence-corrected chi connectivity index (χ2v) is 7.34. The molecular weight excluding hydrogens is 404 g/mol. The highest BCUT2D eigenvalue weighted by Gasteiger charge is 2.28. The highest BCUT2D eigenvalue weighted by Crippen LogP contribution is 2.35. The molecule has 0 unspecified atom stereocenters. The van der Waals surface area contributed by atoms with Crippen LogP contribution in [0.25, 0.3) is 10.2 Å². The van der Waals surface area contributed by atoms with E-state index in [9.17, 15) is 14.9 Å². The van der Waals surface area contributed by atoms with Crippen molar-refractivity contribution in [2.75, 3.05) is 12.0 Å². The summed E-state index contributed by atoms with van der Waals surface area (Å²) < 4.78 is 6.22. The first kappa shape index (κ1) is 19.5. The number of amides is 1. The summed E-state index contributed by atoms with van der Waals surface area (Å²) >= 11 is 1.32. The number of hydrogen-bond donors (Lipinski definition) is 0. The number of ether oxygens (including phenoxy) is 1. The lowest BCUT2D eigenvalue weighted by atomic mass is 10.1. The predicted molar refractivity (Wildman–Crippen MR) is 114 cm³/mol. The second-order valence-electron chi connectivity index (χ2n) is 6.33. The van der Waals surface area contributed by atoms with Crippen LogP contribution in [-0.2, 0) is 6.54 Å². The van der Waals surface area contributed by atoms with Gasteiger partial charge in [0.2, 0.25) is 0 Å². The van der Waals surface area contributed by atoms with Crippen LogP contribution in [0, 0.1) is 10.1 Å². The van der Waals surface area contributed by atoms with Gasteiger partial charge in [-0.1, -0.05) is 35.6 Å². The van der Waals surface area contributed by atoms with E-state index in [1.54, 1.807) is 37.7 Å². The van der Waals surface area contributed by atoms with Crippen LogP contribution in [0.15, 0.2) is 67.0 Å². The molecule has 0 aliphatic carbocycles. The Hall–Kier alpha value is -3.85. The Morgan fingerprint density at radius 2 is 2.00 bits per heavy atom. The average Bonchev–Trinajstić information content (AvgIpc) is 3.21. The predicted octanol–water partition coefficient (Wildman–Crippen LogP) is 4.46. The van der Waals surface area contributed by atoms with Crippen molar-refractivity contribution in [2.45, 2.75) is 6.54 Å². The minimum atomic E-state index is -0.559. The number of nitro benzene ring substituents is 1. The number of carbonyl (C=O) groups excluding carboxylic acids is 1. The zero-order valence-electron chi connectivity index (χ0n) is 15.9. The molecule has 9 heteroatoms. The van der Waals surface area contributed by atoms with Gasteiger partial charge in [-0.25, -0.2) is 4.98 Å². The molecule has 0 N–H and O–H groups in total. The van der Waals surface area contributed by atoms with Gasteiger partial charge in [0.05, 0.1) is 23.3 Å². The smallest absolute Gasteiger partial charge is 0.282 e. The Morgan fingerprint density at radius 3 is 2.73 bits per heavy atom. The van der Waals surface area contributed by atoms with Gasteiger partial charge < -0.3 is 4.74 Å². The molecular formula is C21H16N4O4S. The van der Waals surface area contributed by atoms with Crippen molar-refractivity contribution >= 4 is 38.3 Å². The number of aromatic nitrogens is 2. The minimum absolute atomic E-state index is 0.00221. The maximum Gasteiger partial charge on any atom is 0.282 e. The van der Waals surface area contributed by atoms with Gasteiger partial charge in [-0.05, 0) is 29.8 Å². The Kier molecular flexibility index (Phi) is 5.36. The van der Waals surface area contributed by atoms with E-state index in [-0.39, 0.29) is 17.8 Å². The molecule has 0 spiro atoms. The fourth-order valence-electron chi connectivity index (χ4n) is 3.05. The van der Waals surface area contributed by atoms with Gasteiger partial charge in [0.15, 0.2) is 5.13 Å². The molecule has 0 bridgehead atoms. The van der Waals surface area contributed by atoms with Crippen LogP contribution in [0.4, 0.5) is 10.8 Å². The van der Waals surface area contributed by atoms with E-state index in [0.717, 1.165) is 10.3 Å². The van der Waals surface area contributed by atoms with Crippen LogP contribution in [0.2, 0.25) is 0 Å². The van der Waals surface area contributed by atoms with Crippen LogP contribution >= 0.6 is 11.3 Å². The zero-order valence-corrected chi connectivity index (χ0v) is 16.7. The first-order valence-electron chi connectivity index (χ1n) is 8.96. The van der Waals surface area contributed by atoms with Crippen molar-refractivity contribution < 1.29 is 14.5 Å². The Morgan fingerprint density at radius 1 is 1.17 bits per heavy atom. The summed E-state index contributed by atoms with van der Waals surface area (Å²) in [6, 6.07) is 15.0. The second kappa shape index (κ2) is 8.26. The summed E-state index contributed by atoms with van der Waals surface area (Å²) in [6.45, 7) is 0.168. The molecule has 0 aliphatic heterocycles. The number of nitro groups is 1. The fraction of sp³-hybridized carbons (Fsp3) is 0.0952. The third kappa shape index (κ3) is 3.70. The number of benzene rings is 2. The Bertz CT molecular complexity index is 1230. The lowest BCUT2D eigenvalue weighted by Crippen LogP contribution is -2.31. The van der Waals surface area contributed by atoms with E-state index in [1.807, 2.05) is 18.2 Å². The molecule has 2 aromatic carbocycles. The van der Waals surface area contributed by atoms with E-state index < -0.39 is 10.8 Å². The molecule has 0 fully saturated rings. The number of thiazole rings is 1. The first-order chi connectivity index (χ1) is 14.6. The molecule has 0 saturated heterocycles. The molecule has 150 valence electrons. The fourth-order valence-corrected chi connectivity index (χ4v) is 4.03. The normalized spacial score (nSPS) is 10.7. The molecule has 30 heavy (non-hydrogen) atoms.